The first-order valence-electron chi connectivity index (χ1n) is 7.79. The number of nitrogens with zero attached hydrogens (tertiary/aromatic N) is 1. The van der Waals surface area contributed by atoms with Crippen LogP contribution in [0.5, 0.6) is 0 Å². The molecule has 0 radical (unpaired) electrons. The number of hydrogen-bond acceptors (Lipinski definition) is 4. The zero-order valence-electron chi connectivity index (χ0n) is 14.2. The first-order chi connectivity index (χ1) is 9.76. The summed E-state index contributed by atoms with van der Waals surface area (Å²) in [6, 6.07) is 0. The molecular weight excluding hydrogens is 282 g/mol. The lowest BCUT2D eigenvalue weighted by Gasteiger charge is -2.61. The van der Waals surface area contributed by atoms with Crippen LogP contribution in [0.4, 0.5) is 0 Å². The Bertz CT molecular complexity index is 389. The highest BCUT2D eigenvalue weighted by Gasteiger charge is 2.60. The maximum Gasteiger partial charge on any atom is 0.216 e. The topological polar surface area (TPSA) is 21.7 Å². The molecule has 21 heavy (non-hydrogen) atoms. The third-order valence-electron chi connectivity index (χ3n) is 5.42. The van der Waals surface area contributed by atoms with Gasteiger partial charge in [0.05, 0.1) is 12.9 Å². The fourth-order valence-corrected chi connectivity index (χ4v) is 3.98. The largest absolute Gasteiger partial charge is 0.470 e. The second kappa shape index (κ2) is 6.76. The summed E-state index contributed by atoms with van der Waals surface area (Å²) in [5, 5.41) is 0. The Balaban J connectivity index is 3.34. The summed E-state index contributed by atoms with van der Waals surface area (Å²) in [6.45, 7) is 19.0. The van der Waals surface area contributed by atoms with Crippen molar-refractivity contribution in [3.8, 4) is 0 Å². The molecule has 0 amide bonds. The van der Waals surface area contributed by atoms with Gasteiger partial charge in [-0.15, -0.1) is 6.58 Å². The smallest absolute Gasteiger partial charge is 0.216 e. The summed E-state index contributed by atoms with van der Waals surface area (Å²) in [7, 11) is 0. The Hall–Kier alpha value is -0.450. The van der Waals surface area contributed by atoms with Crippen LogP contribution in [0.2, 0.25) is 0 Å². The molecule has 1 saturated heterocycles. The Morgan fingerprint density at radius 3 is 2.33 bits per heavy atom. The van der Waals surface area contributed by atoms with Gasteiger partial charge in [0.1, 0.15) is 0 Å². The molecule has 1 aliphatic heterocycles. The molecule has 122 valence electrons. The molecule has 0 aromatic heterocycles. The SMILES string of the molecule is C=CCOC1(OC=C)CC(C)(CC)N(S)C(C)(CC)C1C. The summed E-state index contributed by atoms with van der Waals surface area (Å²) in [4.78, 5) is 0. The third kappa shape index (κ3) is 3.03. The van der Waals surface area contributed by atoms with Crippen molar-refractivity contribution in [1.82, 2.24) is 4.31 Å². The number of thiol groups is 1. The van der Waals surface area contributed by atoms with E-state index in [1.54, 1.807) is 6.08 Å². The molecule has 4 heteroatoms. The van der Waals surface area contributed by atoms with E-state index < -0.39 is 5.79 Å². The normalized spacial score (nSPS) is 40.8. The monoisotopic (exact) mass is 313 g/mol. The minimum absolute atomic E-state index is 0.107. The number of ether oxygens (including phenoxy) is 2. The van der Waals surface area contributed by atoms with Crippen LogP contribution in [0.25, 0.3) is 0 Å². The van der Waals surface area contributed by atoms with Gasteiger partial charge in [-0.05, 0) is 26.7 Å². The lowest BCUT2D eigenvalue weighted by molar-refractivity contribution is -0.290. The Morgan fingerprint density at radius 1 is 1.29 bits per heavy atom. The van der Waals surface area contributed by atoms with Crippen LogP contribution < -0.4 is 0 Å². The standard InChI is InChI=1S/C17H31NO2S/c1-8-12-20-17(19-11-4)13-15(6,9-2)18(21)16(7,10-3)14(17)5/h8,11,14,21H,1,4,9-10,12-13H2,2-3,5-7H3. The van der Waals surface area contributed by atoms with E-state index in [1.807, 2.05) is 0 Å². The van der Waals surface area contributed by atoms with Gasteiger partial charge in [-0.3, -0.25) is 0 Å². The zero-order chi connectivity index (χ0) is 16.3. The van der Waals surface area contributed by atoms with E-state index >= 15 is 0 Å². The lowest BCUT2D eigenvalue weighted by atomic mass is 9.68. The van der Waals surface area contributed by atoms with Gasteiger partial charge in [0.15, 0.2) is 0 Å². The molecule has 1 fully saturated rings. The average molecular weight is 314 g/mol. The molecular formula is C17H31NO2S. The van der Waals surface area contributed by atoms with Crippen molar-refractivity contribution >= 4 is 12.8 Å². The maximum absolute atomic E-state index is 6.14. The summed E-state index contributed by atoms with van der Waals surface area (Å²) in [6.07, 6.45) is 5.95. The fourth-order valence-electron chi connectivity index (χ4n) is 3.46. The van der Waals surface area contributed by atoms with Crippen molar-refractivity contribution in [3.05, 3.63) is 25.5 Å². The molecule has 1 aliphatic rings. The van der Waals surface area contributed by atoms with Gasteiger partial charge < -0.3 is 9.47 Å². The van der Waals surface area contributed by atoms with Crippen molar-refractivity contribution in [2.75, 3.05) is 6.61 Å². The Labute approximate surface area is 135 Å². The van der Waals surface area contributed by atoms with Gasteiger partial charge in [0, 0.05) is 23.4 Å². The molecule has 1 heterocycles. The molecule has 0 aromatic carbocycles. The Kier molecular flexibility index (Phi) is 5.99. The highest BCUT2D eigenvalue weighted by Crippen LogP contribution is 2.53. The first-order valence-corrected chi connectivity index (χ1v) is 8.19. The third-order valence-corrected chi connectivity index (χ3v) is 6.36. The van der Waals surface area contributed by atoms with E-state index in [0.29, 0.717) is 6.61 Å². The summed E-state index contributed by atoms with van der Waals surface area (Å²) in [5.41, 5.74) is -0.235. The van der Waals surface area contributed by atoms with Crippen molar-refractivity contribution in [3.63, 3.8) is 0 Å². The molecule has 0 spiro atoms. The van der Waals surface area contributed by atoms with Gasteiger partial charge in [-0.25, -0.2) is 4.31 Å². The molecule has 3 nitrogen and oxygen atoms in total. The molecule has 0 N–H and O–H groups in total. The lowest BCUT2D eigenvalue weighted by Crippen LogP contribution is -2.69. The summed E-state index contributed by atoms with van der Waals surface area (Å²) >= 11 is 4.86. The van der Waals surface area contributed by atoms with E-state index in [9.17, 15) is 0 Å². The van der Waals surface area contributed by atoms with Crippen LogP contribution in [0.1, 0.15) is 53.9 Å². The second-order valence-corrected chi connectivity index (χ2v) is 6.87. The van der Waals surface area contributed by atoms with Crippen molar-refractivity contribution in [1.29, 1.82) is 0 Å². The predicted octanol–water partition coefficient (Wildman–Crippen LogP) is 4.57. The van der Waals surface area contributed by atoms with E-state index in [4.69, 9.17) is 22.3 Å². The van der Waals surface area contributed by atoms with Crippen LogP contribution in [0, 0.1) is 5.92 Å². The number of hydrogen-bond donors (Lipinski definition) is 1. The minimum Gasteiger partial charge on any atom is -0.470 e. The Morgan fingerprint density at radius 2 is 1.90 bits per heavy atom. The van der Waals surface area contributed by atoms with E-state index in [1.165, 1.54) is 6.26 Å². The molecule has 4 unspecified atom stereocenters. The van der Waals surface area contributed by atoms with Crippen LogP contribution >= 0.6 is 12.8 Å². The van der Waals surface area contributed by atoms with Crippen LogP contribution in [-0.4, -0.2) is 27.8 Å². The van der Waals surface area contributed by atoms with E-state index in [0.717, 1.165) is 19.3 Å². The molecule has 0 saturated carbocycles. The van der Waals surface area contributed by atoms with Crippen molar-refractivity contribution < 1.29 is 9.47 Å². The van der Waals surface area contributed by atoms with Crippen molar-refractivity contribution in [2.45, 2.75) is 70.7 Å². The van der Waals surface area contributed by atoms with Gasteiger partial charge in [-0.1, -0.05) is 46.2 Å². The van der Waals surface area contributed by atoms with Crippen LogP contribution in [0.15, 0.2) is 25.5 Å². The van der Waals surface area contributed by atoms with Crippen LogP contribution in [0.3, 0.4) is 0 Å². The fraction of sp³-hybridized carbons (Fsp3) is 0.765. The van der Waals surface area contributed by atoms with Gasteiger partial charge >= 0.3 is 0 Å². The highest BCUT2D eigenvalue weighted by atomic mass is 32.1. The number of rotatable bonds is 7. The molecule has 4 atom stereocenters. The van der Waals surface area contributed by atoms with E-state index in [-0.39, 0.29) is 17.0 Å². The predicted molar refractivity (Wildman–Crippen MR) is 92.2 cm³/mol. The molecule has 0 aromatic rings. The average Bonchev–Trinajstić information content (AvgIpc) is 2.49. The molecule has 1 rings (SSSR count). The van der Waals surface area contributed by atoms with Crippen molar-refractivity contribution in [2.24, 2.45) is 5.92 Å². The number of piperidine rings is 1. The second-order valence-electron chi connectivity index (χ2n) is 6.47. The summed E-state index contributed by atoms with van der Waals surface area (Å²) < 4.78 is 14.3. The van der Waals surface area contributed by atoms with Crippen LogP contribution in [-0.2, 0) is 9.47 Å². The minimum atomic E-state index is -0.690. The van der Waals surface area contributed by atoms with E-state index in [2.05, 4.69) is 52.1 Å². The van der Waals surface area contributed by atoms with Gasteiger partial charge in [0.2, 0.25) is 5.79 Å². The molecule has 0 bridgehead atoms. The zero-order valence-corrected chi connectivity index (χ0v) is 15.1. The van der Waals surface area contributed by atoms with Gasteiger partial charge in [-0.2, -0.15) is 0 Å². The maximum atomic E-state index is 6.14. The van der Waals surface area contributed by atoms with Gasteiger partial charge in [0.25, 0.3) is 0 Å². The highest BCUT2D eigenvalue weighted by molar-refractivity contribution is 7.77. The molecule has 0 aliphatic carbocycles. The quantitative estimate of drug-likeness (QED) is 0.322. The first kappa shape index (κ1) is 18.6. The summed E-state index contributed by atoms with van der Waals surface area (Å²) in [5.74, 6) is -0.546.